The van der Waals surface area contributed by atoms with Gasteiger partial charge in [-0.1, -0.05) is 5.16 Å². The van der Waals surface area contributed by atoms with Gasteiger partial charge in [0.05, 0.1) is 6.20 Å². The number of halogens is 1. The molecule has 0 aromatic carbocycles. The number of nitrogens with zero attached hydrogens (tertiary/aromatic N) is 3. The third kappa shape index (κ3) is 2.79. The molecule has 1 aromatic heterocycles. The van der Waals surface area contributed by atoms with Crippen LogP contribution >= 0.6 is 11.6 Å². The average Bonchev–Trinajstić information content (AvgIpc) is 2.76. The van der Waals surface area contributed by atoms with Crippen LogP contribution in [-0.4, -0.2) is 59.5 Å². The summed E-state index contributed by atoms with van der Waals surface area (Å²) in [5.74, 6) is 1.23. The molecule has 0 spiro atoms. The van der Waals surface area contributed by atoms with Crippen LogP contribution in [0.5, 0.6) is 0 Å². The Kier molecular flexibility index (Phi) is 4.02. The van der Waals surface area contributed by atoms with Crippen LogP contribution in [0.3, 0.4) is 0 Å². The van der Waals surface area contributed by atoms with Crippen molar-refractivity contribution in [3.63, 3.8) is 0 Å². The maximum absolute atomic E-state index is 12.1. The van der Waals surface area contributed by atoms with Crippen molar-refractivity contribution in [2.75, 3.05) is 38.6 Å². The highest BCUT2D eigenvalue weighted by molar-refractivity contribution is 6.18. The van der Waals surface area contributed by atoms with Crippen molar-refractivity contribution >= 4 is 17.5 Å². The van der Waals surface area contributed by atoms with Crippen LogP contribution < -0.4 is 0 Å². The molecule has 1 fully saturated rings. The van der Waals surface area contributed by atoms with E-state index in [-0.39, 0.29) is 5.91 Å². The second-order valence-corrected chi connectivity index (χ2v) is 4.50. The number of carbonyl (C=O) groups excluding carboxylic acids is 1. The van der Waals surface area contributed by atoms with Gasteiger partial charge in [-0.05, 0) is 6.92 Å². The fraction of sp³-hybridized carbons (Fsp3) is 0.636. The summed E-state index contributed by atoms with van der Waals surface area (Å²) in [4.78, 5) is 16.2. The minimum Gasteiger partial charge on any atom is -0.361 e. The van der Waals surface area contributed by atoms with Gasteiger partial charge < -0.3 is 9.42 Å². The molecule has 6 heteroatoms. The van der Waals surface area contributed by atoms with E-state index < -0.39 is 0 Å². The molecule has 1 saturated heterocycles. The highest BCUT2D eigenvalue weighted by atomic mass is 35.5. The van der Waals surface area contributed by atoms with Crippen molar-refractivity contribution in [3.05, 3.63) is 17.5 Å². The van der Waals surface area contributed by atoms with E-state index in [0.29, 0.717) is 17.2 Å². The van der Waals surface area contributed by atoms with E-state index in [0.717, 1.165) is 32.7 Å². The zero-order chi connectivity index (χ0) is 12.3. The van der Waals surface area contributed by atoms with Gasteiger partial charge in [-0.15, -0.1) is 11.6 Å². The van der Waals surface area contributed by atoms with Gasteiger partial charge in [0, 0.05) is 38.6 Å². The third-order valence-electron chi connectivity index (χ3n) is 3.04. The van der Waals surface area contributed by atoms with E-state index in [2.05, 4.69) is 10.1 Å². The van der Waals surface area contributed by atoms with E-state index in [1.807, 2.05) is 4.90 Å². The first-order valence-electron chi connectivity index (χ1n) is 5.71. The van der Waals surface area contributed by atoms with Crippen molar-refractivity contribution in [3.8, 4) is 0 Å². The Bertz CT molecular complexity index is 386. The summed E-state index contributed by atoms with van der Waals surface area (Å²) in [5, 5.41) is 3.63. The topological polar surface area (TPSA) is 49.6 Å². The molecule has 0 aliphatic carbocycles. The summed E-state index contributed by atoms with van der Waals surface area (Å²) < 4.78 is 4.91. The summed E-state index contributed by atoms with van der Waals surface area (Å²) >= 11 is 5.69. The largest absolute Gasteiger partial charge is 0.361 e. The summed E-state index contributed by atoms with van der Waals surface area (Å²) in [6.45, 7) is 5.87. The number of alkyl halides is 1. The Hall–Kier alpha value is -1.07. The molecule has 5 nitrogen and oxygen atoms in total. The van der Waals surface area contributed by atoms with Crippen molar-refractivity contribution < 1.29 is 9.32 Å². The monoisotopic (exact) mass is 257 g/mol. The van der Waals surface area contributed by atoms with Crippen LogP contribution in [0.4, 0.5) is 0 Å². The number of rotatable bonds is 3. The number of aromatic nitrogens is 1. The van der Waals surface area contributed by atoms with Crippen molar-refractivity contribution in [1.82, 2.24) is 15.0 Å². The molecule has 0 atom stereocenters. The normalized spacial score (nSPS) is 17.4. The molecule has 0 N–H and O–H groups in total. The van der Waals surface area contributed by atoms with Crippen molar-refractivity contribution in [2.24, 2.45) is 0 Å². The molecule has 0 saturated carbocycles. The van der Waals surface area contributed by atoms with Gasteiger partial charge in [0.1, 0.15) is 11.3 Å². The fourth-order valence-corrected chi connectivity index (χ4v) is 2.21. The third-order valence-corrected chi connectivity index (χ3v) is 3.21. The van der Waals surface area contributed by atoms with Crippen molar-refractivity contribution in [1.29, 1.82) is 0 Å². The molecule has 1 amide bonds. The molecule has 0 radical (unpaired) electrons. The van der Waals surface area contributed by atoms with Gasteiger partial charge >= 0.3 is 0 Å². The fourth-order valence-electron chi connectivity index (χ4n) is 1.97. The van der Waals surface area contributed by atoms with E-state index in [1.54, 1.807) is 6.92 Å². The van der Waals surface area contributed by atoms with Gasteiger partial charge in [0.15, 0.2) is 0 Å². The lowest BCUT2D eigenvalue weighted by Crippen LogP contribution is -2.49. The maximum Gasteiger partial charge on any atom is 0.259 e. The summed E-state index contributed by atoms with van der Waals surface area (Å²) in [6.07, 6.45) is 1.49. The molecule has 2 heterocycles. The van der Waals surface area contributed by atoms with Crippen LogP contribution in [0, 0.1) is 6.92 Å². The number of piperazine rings is 1. The highest BCUT2D eigenvalue weighted by Gasteiger charge is 2.24. The first kappa shape index (κ1) is 12.4. The van der Waals surface area contributed by atoms with Gasteiger partial charge in [0.25, 0.3) is 5.91 Å². The SMILES string of the molecule is Cc1oncc1C(=O)N1CCN(CCCl)CC1. The van der Waals surface area contributed by atoms with Gasteiger partial charge in [0.2, 0.25) is 0 Å². The molecular weight excluding hydrogens is 242 g/mol. The van der Waals surface area contributed by atoms with Gasteiger partial charge in [-0.2, -0.15) is 0 Å². The second-order valence-electron chi connectivity index (χ2n) is 4.12. The Labute approximate surface area is 105 Å². The number of amides is 1. The molecule has 17 heavy (non-hydrogen) atoms. The molecule has 0 unspecified atom stereocenters. The molecular formula is C11H16ClN3O2. The number of carbonyl (C=O) groups is 1. The molecule has 1 aromatic rings. The Morgan fingerprint density at radius 2 is 2.18 bits per heavy atom. The molecule has 0 bridgehead atoms. The minimum absolute atomic E-state index is 0.00859. The zero-order valence-electron chi connectivity index (χ0n) is 9.86. The second kappa shape index (κ2) is 5.51. The first-order valence-corrected chi connectivity index (χ1v) is 6.24. The Morgan fingerprint density at radius 3 is 2.71 bits per heavy atom. The average molecular weight is 258 g/mol. The lowest BCUT2D eigenvalue weighted by Gasteiger charge is -2.34. The molecule has 1 aliphatic rings. The maximum atomic E-state index is 12.1. The van der Waals surface area contributed by atoms with Crippen LogP contribution in [0.1, 0.15) is 16.1 Å². The van der Waals surface area contributed by atoms with Crippen LogP contribution in [0.25, 0.3) is 0 Å². The van der Waals surface area contributed by atoms with E-state index in [1.165, 1.54) is 6.20 Å². The highest BCUT2D eigenvalue weighted by Crippen LogP contribution is 2.12. The van der Waals surface area contributed by atoms with E-state index >= 15 is 0 Å². The van der Waals surface area contributed by atoms with Crippen LogP contribution in [0.15, 0.2) is 10.7 Å². The number of aryl methyl sites for hydroxylation is 1. The van der Waals surface area contributed by atoms with Crippen LogP contribution in [0.2, 0.25) is 0 Å². The molecule has 94 valence electrons. The minimum atomic E-state index is 0.00859. The Balaban J connectivity index is 1.93. The summed E-state index contributed by atoms with van der Waals surface area (Å²) in [6, 6.07) is 0. The number of hydrogen-bond donors (Lipinski definition) is 0. The van der Waals surface area contributed by atoms with Crippen molar-refractivity contribution in [2.45, 2.75) is 6.92 Å². The zero-order valence-corrected chi connectivity index (χ0v) is 10.6. The standard InChI is InChI=1S/C11H16ClN3O2/c1-9-10(8-13-17-9)11(16)15-6-4-14(3-2-12)5-7-15/h8H,2-7H2,1H3. The van der Waals surface area contributed by atoms with Gasteiger partial charge in [-0.25, -0.2) is 0 Å². The number of hydrogen-bond acceptors (Lipinski definition) is 4. The van der Waals surface area contributed by atoms with E-state index in [4.69, 9.17) is 16.1 Å². The lowest BCUT2D eigenvalue weighted by atomic mass is 10.2. The molecule has 2 rings (SSSR count). The first-order chi connectivity index (χ1) is 8.22. The van der Waals surface area contributed by atoms with Crippen LogP contribution in [-0.2, 0) is 0 Å². The summed E-state index contributed by atoms with van der Waals surface area (Å²) in [7, 11) is 0. The van der Waals surface area contributed by atoms with Gasteiger partial charge in [-0.3, -0.25) is 9.69 Å². The summed E-state index contributed by atoms with van der Waals surface area (Å²) in [5.41, 5.74) is 0.566. The van der Waals surface area contributed by atoms with E-state index in [9.17, 15) is 4.79 Å². The smallest absolute Gasteiger partial charge is 0.259 e. The Morgan fingerprint density at radius 1 is 1.47 bits per heavy atom. The lowest BCUT2D eigenvalue weighted by molar-refractivity contribution is 0.0642. The predicted molar refractivity (Wildman–Crippen MR) is 64.3 cm³/mol. The quantitative estimate of drug-likeness (QED) is 0.758. The predicted octanol–water partition coefficient (Wildman–Crippen LogP) is 0.980. The molecule has 1 aliphatic heterocycles.